The van der Waals surface area contributed by atoms with Crippen LogP contribution in [0.4, 0.5) is 0 Å². The largest absolute Gasteiger partial charge is 0.0622 e. The van der Waals surface area contributed by atoms with Crippen molar-refractivity contribution in [3.8, 4) is 23.0 Å². The highest BCUT2D eigenvalue weighted by atomic mass is 14.1. The highest BCUT2D eigenvalue weighted by molar-refractivity contribution is 5.88. The van der Waals surface area contributed by atoms with Crippen LogP contribution in [0.3, 0.4) is 0 Å². The van der Waals surface area contributed by atoms with E-state index in [4.69, 9.17) is 0 Å². The van der Waals surface area contributed by atoms with Crippen molar-refractivity contribution in [2.45, 2.75) is 6.92 Å². The first-order valence-corrected chi connectivity index (χ1v) is 8.47. The fourth-order valence-corrected chi connectivity index (χ4v) is 3.09. The molecule has 0 aliphatic heterocycles. The Morgan fingerprint density at radius 2 is 1.32 bits per heavy atom. The lowest BCUT2D eigenvalue weighted by atomic mass is 9.97. The van der Waals surface area contributed by atoms with Gasteiger partial charge in [0, 0.05) is 11.1 Å². The van der Waals surface area contributed by atoms with Crippen molar-refractivity contribution in [3.05, 3.63) is 108 Å². The van der Waals surface area contributed by atoms with Crippen molar-refractivity contribution >= 4 is 10.8 Å². The Bertz CT molecular complexity index is 1090. The van der Waals surface area contributed by atoms with Gasteiger partial charge in [-0.3, -0.25) is 0 Å². The average Bonchev–Trinajstić information content (AvgIpc) is 2.67. The summed E-state index contributed by atoms with van der Waals surface area (Å²) in [7, 11) is 0. The molecule has 0 unspecified atom stereocenters. The monoisotopic (exact) mass is 318 g/mol. The van der Waals surface area contributed by atoms with Crippen LogP contribution >= 0.6 is 0 Å². The Morgan fingerprint density at radius 3 is 2.20 bits per heavy atom. The fraction of sp³-hybridized carbons (Fsp3) is 0.0400. The molecule has 0 aliphatic carbocycles. The van der Waals surface area contributed by atoms with Gasteiger partial charge in [0.1, 0.15) is 0 Å². The van der Waals surface area contributed by atoms with Crippen LogP contribution < -0.4 is 0 Å². The molecule has 0 saturated heterocycles. The van der Waals surface area contributed by atoms with Crippen molar-refractivity contribution < 1.29 is 0 Å². The highest BCUT2D eigenvalue weighted by Crippen LogP contribution is 2.25. The average molecular weight is 318 g/mol. The number of hydrogen-bond donors (Lipinski definition) is 0. The molecule has 118 valence electrons. The molecule has 4 rings (SSSR count). The molecular formula is C25H18. The van der Waals surface area contributed by atoms with Crippen LogP contribution in [-0.4, -0.2) is 0 Å². The summed E-state index contributed by atoms with van der Waals surface area (Å²) in [6.45, 7) is 2.12. The lowest BCUT2D eigenvalue weighted by Crippen LogP contribution is -1.86. The van der Waals surface area contributed by atoms with E-state index in [9.17, 15) is 0 Å². The second-order valence-corrected chi connectivity index (χ2v) is 6.19. The van der Waals surface area contributed by atoms with Crippen molar-refractivity contribution in [1.29, 1.82) is 0 Å². The van der Waals surface area contributed by atoms with Crippen LogP contribution in [0, 0.1) is 18.8 Å². The van der Waals surface area contributed by atoms with Gasteiger partial charge in [0.2, 0.25) is 0 Å². The summed E-state index contributed by atoms with van der Waals surface area (Å²) < 4.78 is 0. The van der Waals surface area contributed by atoms with Gasteiger partial charge in [0.05, 0.1) is 0 Å². The maximum absolute atomic E-state index is 3.40. The summed E-state index contributed by atoms with van der Waals surface area (Å²) in [5.41, 5.74) is 5.76. The zero-order valence-electron chi connectivity index (χ0n) is 14.2. The van der Waals surface area contributed by atoms with Gasteiger partial charge in [-0.2, -0.15) is 0 Å². The summed E-state index contributed by atoms with van der Waals surface area (Å²) >= 11 is 0. The molecule has 0 N–H and O–H groups in total. The molecule has 25 heavy (non-hydrogen) atoms. The fourth-order valence-electron chi connectivity index (χ4n) is 3.09. The second-order valence-electron chi connectivity index (χ2n) is 6.19. The van der Waals surface area contributed by atoms with Gasteiger partial charge in [0.25, 0.3) is 0 Å². The molecule has 0 radical (unpaired) electrons. The van der Waals surface area contributed by atoms with E-state index < -0.39 is 0 Å². The van der Waals surface area contributed by atoms with Gasteiger partial charge in [-0.05, 0) is 41.0 Å². The molecule has 0 saturated carbocycles. The van der Waals surface area contributed by atoms with Gasteiger partial charge < -0.3 is 0 Å². The van der Waals surface area contributed by atoms with E-state index >= 15 is 0 Å². The Balaban J connectivity index is 1.84. The molecule has 4 aromatic carbocycles. The minimum absolute atomic E-state index is 1.06. The highest BCUT2D eigenvalue weighted by Gasteiger charge is 2.04. The smallest absolute Gasteiger partial charge is 0.0327 e. The molecule has 0 aromatic heterocycles. The molecule has 4 aromatic rings. The van der Waals surface area contributed by atoms with E-state index in [1.165, 1.54) is 27.5 Å². The second kappa shape index (κ2) is 6.67. The maximum atomic E-state index is 3.40. The number of hydrogen-bond acceptors (Lipinski definition) is 0. The molecule has 0 nitrogen and oxygen atoms in total. The van der Waals surface area contributed by atoms with Crippen molar-refractivity contribution in [3.63, 3.8) is 0 Å². The summed E-state index contributed by atoms with van der Waals surface area (Å²) in [6, 6.07) is 31.6. The van der Waals surface area contributed by atoms with Gasteiger partial charge in [-0.1, -0.05) is 96.3 Å². The standard InChI is InChI=1S/C25H18/c1-19-14-15-23(25(18-19)21-8-3-2-4-9-21)17-16-22-12-7-11-20-10-5-6-13-24(20)22/h2-15,18H,1H3. The van der Waals surface area contributed by atoms with Gasteiger partial charge in [-0.25, -0.2) is 0 Å². The zero-order valence-corrected chi connectivity index (χ0v) is 14.2. The third kappa shape index (κ3) is 3.18. The van der Waals surface area contributed by atoms with Gasteiger partial charge in [-0.15, -0.1) is 0 Å². The summed E-state index contributed by atoms with van der Waals surface area (Å²) in [6.07, 6.45) is 0. The summed E-state index contributed by atoms with van der Waals surface area (Å²) in [5.74, 6) is 6.78. The van der Waals surface area contributed by atoms with Crippen LogP contribution in [0.25, 0.3) is 21.9 Å². The first kappa shape index (κ1) is 15.2. The molecule has 0 spiro atoms. The first-order chi connectivity index (χ1) is 12.3. The van der Waals surface area contributed by atoms with E-state index in [0.29, 0.717) is 0 Å². The Labute approximate surface area is 148 Å². The van der Waals surface area contributed by atoms with Gasteiger partial charge in [0.15, 0.2) is 0 Å². The summed E-state index contributed by atoms with van der Waals surface area (Å²) in [5, 5.41) is 2.42. The topological polar surface area (TPSA) is 0 Å². The molecule has 0 heteroatoms. The van der Waals surface area contributed by atoms with Crippen molar-refractivity contribution in [2.24, 2.45) is 0 Å². The van der Waals surface area contributed by atoms with Crippen LogP contribution in [0.1, 0.15) is 16.7 Å². The van der Waals surface area contributed by atoms with Crippen LogP contribution in [0.5, 0.6) is 0 Å². The predicted octanol–water partition coefficient (Wildman–Crippen LogP) is 6.22. The molecular weight excluding hydrogens is 300 g/mol. The predicted molar refractivity (Wildman–Crippen MR) is 107 cm³/mol. The number of benzene rings is 4. The molecule has 0 fully saturated rings. The molecule has 0 amide bonds. The number of fused-ring (bicyclic) bond motifs is 1. The minimum atomic E-state index is 1.06. The zero-order chi connectivity index (χ0) is 17.1. The minimum Gasteiger partial charge on any atom is -0.0622 e. The van der Waals surface area contributed by atoms with Crippen LogP contribution in [0.2, 0.25) is 0 Å². The van der Waals surface area contributed by atoms with Crippen molar-refractivity contribution in [2.75, 3.05) is 0 Å². The maximum Gasteiger partial charge on any atom is 0.0327 e. The van der Waals surface area contributed by atoms with Crippen LogP contribution in [-0.2, 0) is 0 Å². The van der Waals surface area contributed by atoms with E-state index in [1.54, 1.807) is 0 Å². The van der Waals surface area contributed by atoms with Gasteiger partial charge >= 0.3 is 0 Å². The third-order valence-corrected chi connectivity index (χ3v) is 4.38. The molecule has 0 atom stereocenters. The third-order valence-electron chi connectivity index (χ3n) is 4.38. The van der Waals surface area contributed by atoms with E-state index in [1.807, 2.05) is 6.07 Å². The van der Waals surface area contributed by atoms with E-state index in [2.05, 4.69) is 104 Å². The SMILES string of the molecule is Cc1ccc(C#Cc2cccc3ccccc23)c(-c2ccccc2)c1. The normalized spacial score (nSPS) is 10.3. The Kier molecular flexibility index (Phi) is 4.07. The van der Waals surface area contributed by atoms with E-state index in [0.717, 1.165) is 11.1 Å². The lowest BCUT2D eigenvalue weighted by Gasteiger charge is -2.06. The van der Waals surface area contributed by atoms with Crippen molar-refractivity contribution in [1.82, 2.24) is 0 Å². The Hall–Kier alpha value is -3.30. The molecule has 0 aliphatic rings. The quantitative estimate of drug-likeness (QED) is 0.366. The number of aryl methyl sites for hydroxylation is 1. The van der Waals surface area contributed by atoms with E-state index in [-0.39, 0.29) is 0 Å². The lowest BCUT2D eigenvalue weighted by molar-refractivity contribution is 1.45. The van der Waals surface area contributed by atoms with Crippen LogP contribution in [0.15, 0.2) is 91.0 Å². The molecule has 0 heterocycles. The first-order valence-electron chi connectivity index (χ1n) is 8.47. The molecule has 0 bridgehead atoms. The summed E-state index contributed by atoms with van der Waals surface area (Å²) in [4.78, 5) is 0. The number of rotatable bonds is 1. The Morgan fingerprint density at radius 1 is 0.600 bits per heavy atom.